The first-order chi connectivity index (χ1) is 6.20. The van der Waals surface area contributed by atoms with Crippen LogP contribution in [0.15, 0.2) is 0 Å². The summed E-state index contributed by atoms with van der Waals surface area (Å²) < 4.78 is 5.54. The van der Waals surface area contributed by atoms with Gasteiger partial charge in [-0.05, 0) is 24.7 Å². The quantitative estimate of drug-likeness (QED) is 0.674. The van der Waals surface area contributed by atoms with Gasteiger partial charge in [-0.15, -0.1) is 0 Å². The summed E-state index contributed by atoms with van der Waals surface area (Å²) in [6, 6.07) is 0. The van der Waals surface area contributed by atoms with Crippen LogP contribution in [0.2, 0.25) is 0 Å². The van der Waals surface area contributed by atoms with E-state index in [2.05, 4.69) is 0 Å². The number of rotatable bonds is 1. The number of hydrogen-bond donors (Lipinski definition) is 1. The average Bonchev–Trinajstić information content (AvgIpc) is 2.45. The van der Waals surface area contributed by atoms with E-state index in [0.717, 1.165) is 12.8 Å². The maximum absolute atomic E-state index is 10.8. The van der Waals surface area contributed by atoms with Gasteiger partial charge in [0.2, 0.25) is 0 Å². The molecule has 0 aromatic rings. The number of hydrogen-bond acceptors (Lipinski definition) is 2. The van der Waals surface area contributed by atoms with Gasteiger partial charge in [0, 0.05) is 0 Å². The van der Waals surface area contributed by atoms with Crippen LogP contribution in [-0.2, 0) is 9.53 Å². The van der Waals surface area contributed by atoms with Crippen molar-refractivity contribution < 1.29 is 14.6 Å². The van der Waals surface area contributed by atoms with Crippen molar-refractivity contribution in [2.45, 2.75) is 44.8 Å². The third-order valence-corrected chi connectivity index (χ3v) is 3.47. The Kier molecular flexibility index (Phi) is 2.28. The lowest BCUT2D eigenvalue weighted by molar-refractivity contribution is -0.151. The number of aliphatic carboxylic acids is 1. The normalized spacial score (nSPS) is 44.4. The fourth-order valence-electron chi connectivity index (χ4n) is 2.72. The third kappa shape index (κ3) is 1.46. The monoisotopic (exact) mass is 184 g/mol. The molecule has 0 aromatic carbocycles. The average molecular weight is 184 g/mol. The molecule has 0 aromatic heterocycles. The van der Waals surface area contributed by atoms with Crippen molar-refractivity contribution in [1.29, 1.82) is 0 Å². The van der Waals surface area contributed by atoms with Gasteiger partial charge < -0.3 is 9.84 Å². The summed E-state index contributed by atoms with van der Waals surface area (Å²) in [5.41, 5.74) is 0. The number of carbonyl (C=O) groups is 1. The van der Waals surface area contributed by atoms with Crippen LogP contribution in [0.4, 0.5) is 0 Å². The largest absolute Gasteiger partial charge is 0.479 e. The van der Waals surface area contributed by atoms with E-state index in [0.29, 0.717) is 5.92 Å². The van der Waals surface area contributed by atoms with Crippen molar-refractivity contribution >= 4 is 5.97 Å². The highest BCUT2D eigenvalue weighted by Gasteiger charge is 2.45. The topological polar surface area (TPSA) is 46.5 Å². The molecule has 1 aliphatic carbocycles. The van der Waals surface area contributed by atoms with Gasteiger partial charge >= 0.3 is 5.97 Å². The Morgan fingerprint density at radius 2 is 2.08 bits per heavy atom. The molecule has 1 saturated carbocycles. The summed E-state index contributed by atoms with van der Waals surface area (Å²) in [6.07, 6.45) is 4.31. The molecule has 0 spiro atoms. The Morgan fingerprint density at radius 1 is 1.38 bits per heavy atom. The van der Waals surface area contributed by atoms with Crippen molar-refractivity contribution in [1.82, 2.24) is 0 Å². The molecule has 0 amide bonds. The zero-order valence-corrected chi connectivity index (χ0v) is 7.90. The fourth-order valence-corrected chi connectivity index (χ4v) is 2.72. The minimum absolute atomic E-state index is 0.197. The minimum atomic E-state index is -0.790. The van der Waals surface area contributed by atoms with Gasteiger partial charge in [-0.1, -0.05) is 19.8 Å². The van der Waals surface area contributed by atoms with E-state index in [4.69, 9.17) is 9.84 Å². The van der Waals surface area contributed by atoms with Crippen LogP contribution in [0, 0.1) is 11.8 Å². The summed E-state index contributed by atoms with van der Waals surface area (Å²) in [5, 5.41) is 8.91. The van der Waals surface area contributed by atoms with E-state index in [1.165, 1.54) is 12.8 Å². The van der Waals surface area contributed by atoms with Crippen molar-refractivity contribution in [3.63, 3.8) is 0 Å². The lowest BCUT2D eigenvalue weighted by atomic mass is 9.79. The third-order valence-electron chi connectivity index (χ3n) is 3.47. The first-order valence-electron chi connectivity index (χ1n) is 5.08. The summed E-state index contributed by atoms with van der Waals surface area (Å²) in [4.78, 5) is 10.8. The minimum Gasteiger partial charge on any atom is -0.479 e. The first-order valence-corrected chi connectivity index (χ1v) is 5.08. The molecule has 0 radical (unpaired) electrons. The highest BCUT2D eigenvalue weighted by atomic mass is 16.5. The number of fused-ring (bicyclic) bond motifs is 1. The van der Waals surface area contributed by atoms with Gasteiger partial charge in [-0.25, -0.2) is 4.79 Å². The van der Waals surface area contributed by atoms with Crippen molar-refractivity contribution in [2.75, 3.05) is 0 Å². The second-order valence-electron chi connectivity index (χ2n) is 4.24. The molecule has 1 saturated heterocycles. The molecule has 1 heterocycles. The molecule has 1 N–H and O–H groups in total. The molecule has 2 aliphatic rings. The van der Waals surface area contributed by atoms with E-state index in [1.54, 1.807) is 0 Å². The van der Waals surface area contributed by atoms with Crippen LogP contribution in [0.25, 0.3) is 0 Å². The lowest BCUT2D eigenvalue weighted by Crippen LogP contribution is -2.26. The zero-order valence-electron chi connectivity index (χ0n) is 7.90. The Morgan fingerprint density at radius 3 is 2.69 bits per heavy atom. The van der Waals surface area contributed by atoms with Gasteiger partial charge in [0.15, 0.2) is 6.10 Å². The second kappa shape index (κ2) is 3.29. The van der Waals surface area contributed by atoms with Crippen molar-refractivity contribution in [2.24, 2.45) is 11.8 Å². The lowest BCUT2D eigenvalue weighted by Gasteiger charge is -2.25. The van der Waals surface area contributed by atoms with Gasteiger partial charge in [0.1, 0.15) is 0 Å². The fraction of sp³-hybridized carbons (Fsp3) is 0.900. The van der Waals surface area contributed by atoms with Gasteiger partial charge in [-0.3, -0.25) is 0 Å². The maximum Gasteiger partial charge on any atom is 0.333 e. The van der Waals surface area contributed by atoms with E-state index in [-0.39, 0.29) is 12.0 Å². The van der Waals surface area contributed by atoms with Crippen LogP contribution in [0.1, 0.15) is 32.6 Å². The second-order valence-corrected chi connectivity index (χ2v) is 4.24. The number of ether oxygens (including phenoxy) is 1. The van der Waals surface area contributed by atoms with Crippen molar-refractivity contribution in [3.8, 4) is 0 Å². The van der Waals surface area contributed by atoms with Crippen LogP contribution in [-0.4, -0.2) is 23.3 Å². The molecule has 3 heteroatoms. The van der Waals surface area contributed by atoms with Gasteiger partial charge in [0.25, 0.3) is 0 Å². The molecule has 13 heavy (non-hydrogen) atoms. The van der Waals surface area contributed by atoms with Crippen LogP contribution < -0.4 is 0 Å². The van der Waals surface area contributed by atoms with E-state index >= 15 is 0 Å². The predicted molar refractivity (Wildman–Crippen MR) is 47.4 cm³/mol. The summed E-state index contributed by atoms with van der Waals surface area (Å²) in [6.45, 7) is 2.01. The molecular weight excluding hydrogens is 168 g/mol. The Balaban J connectivity index is 2.09. The first kappa shape index (κ1) is 9.00. The molecule has 74 valence electrons. The van der Waals surface area contributed by atoms with Crippen LogP contribution in [0.5, 0.6) is 0 Å². The van der Waals surface area contributed by atoms with Crippen LogP contribution >= 0.6 is 0 Å². The molecule has 2 fully saturated rings. The molecule has 4 atom stereocenters. The molecule has 0 unspecified atom stereocenters. The molecule has 3 nitrogen and oxygen atoms in total. The summed E-state index contributed by atoms with van der Waals surface area (Å²) >= 11 is 0. The highest BCUT2D eigenvalue weighted by molar-refractivity contribution is 5.73. The van der Waals surface area contributed by atoms with Gasteiger partial charge in [-0.2, -0.15) is 0 Å². The van der Waals surface area contributed by atoms with Crippen molar-refractivity contribution in [3.05, 3.63) is 0 Å². The summed E-state index contributed by atoms with van der Waals surface area (Å²) in [5.74, 6) is -0.0976. The molecule has 2 rings (SSSR count). The maximum atomic E-state index is 10.8. The standard InChI is InChI=1S/C10H16O3/c1-6-7-4-2-3-5-8(7)13-9(6)10(11)12/h6-9H,2-5H2,1H3,(H,11,12)/t6-,7+,8-,9-/m0/s1. The van der Waals surface area contributed by atoms with E-state index in [1.807, 2.05) is 6.92 Å². The van der Waals surface area contributed by atoms with E-state index in [9.17, 15) is 4.79 Å². The van der Waals surface area contributed by atoms with Gasteiger partial charge in [0.05, 0.1) is 6.10 Å². The SMILES string of the molecule is C[C@H]1[C@H]2CCCC[C@@H]2O[C@@H]1C(=O)O. The Labute approximate surface area is 78.1 Å². The zero-order chi connectivity index (χ0) is 9.42. The molecule has 0 bridgehead atoms. The highest BCUT2D eigenvalue weighted by Crippen LogP contribution is 2.41. The Hall–Kier alpha value is -0.570. The number of carboxylic acid groups (broad SMARTS) is 1. The molecular formula is C10H16O3. The number of carboxylic acids is 1. The Bertz CT molecular complexity index is 214. The summed E-state index contributed by atoms with van der Waals surface area (Å²) in [7, 11) is 0. The van der Waals surface area contributed by atoms with Crippen LogP contribution in [0.3, 0.4) is 0 Å². The van der Waals surface area contributed by atoms with E-state index < -0.39 is 12.1 Å². The smallest absolute Gasteiger partial charge is 0.333 e. The predicted octanol–water partition coefficient (Wildman–Crippen LogP) is 1.66. The molecule has 1 aliphatic heterocycles.